The van der Waals surface area contributed by atoms with Crippen LogP contribution in [-0.2, 0) is 4.79 Å². The van der Waals surface area contributed by atoms with Crippen LogP contribution < -0.4 is 10.6 Å². The highest BCUT2D eigenvalue weighted by molar-refractivity contribution is 5.81. The summed E-state index contributed by atoms with van der Waals surface area (Å²) < 4.78 is 0. The molecule has 0 spiro atoms. The molecule has 2 fully saturated rings. The number of carbonyl (C=O) groups is 1. The quantitative estimate of drug-likeness (QED) is 0.680. The Morgan fingerprint density at radius 2 is 2.40 bits per heavy atom. The molecule has 2 atom stereocenters. The Morgan fingerprint density at radius 3 is 3.00 bits per heavy atom. The molecule has 2 aliphatic rings. The Balaban J connectivity index is 1.66. The molecule has 0 radical (unpaired) electrons. The highest BCUT2D eigenvalue weighted by Crippen LogP contribution is 2.13. The molecule has 15 heavy (non-hydrogen) atoms. The highest BCUT2D eigenvalue weighted by atomic mass is 16.2. The van der Waals surface area contributed by atoms with E-state index in [0.717, 1.165) is 32.5 Å². The van der Waals surface area contributed by atoms with E-state index in [9.17, 15) is 4.79 Å². The molecule has 1 unspecified atom stereocenters. The molecule has 2 saturated heterocycles. The molecule has 1 amide bonds. The van der Waals surface area contributed by atoms with Gasteiger partial charge in [-0.25, -0.2) is 0 Å². The Morgan fingerprint density at radius 1 is 1.53 bits per heavy atom. The molecule has 4 nitrogen and oxygen atoms in total. The van der Waals surface area contributed by atoms with Gasteiger partial charge in [-0.3, -0.25) is 4.79 Å². The van der Waals surface area contributed by atoms with Crippen molar-refractivity contribution < 1.29 is 4.79 Å². The van der Waals surface area contributed by atoms with Crippen LogP contribution in [0.3, 0.4) is 0 Å². The van der Waals surface area contributed by atoms with Gasteiger partial charge in [0.1, 0.15) is 0 Å². The summed E-state index contributed by atoms with van der Waals surface area (Å²) in [6.45, 7) is 4.13. The molecule has 0 aliphatic carbocycles. The number of rotatable bonds is 3. The van der Waals surface area contributed by atoms with Crippen molar-refractivity contribution in [1.82, 2.24) is 15.5 Å². The van der Waals surface area contributed by atoms with Crippen LogP contribution in [0.1, 0.15) is 19.3 Å². The molecule has 2 heterocycles. The van der Waals surface area contributed by atoms with E-state index in [0.29, 0.717) is 5.92 Å². The minimum atomic E-state index is 0.0733. The van der Waals surface area contributed by atoms with Gasteiger partial charge in [0.25, 0.3) is 0 Å². The van der Waals surface area contributed by atoms with E-state index in [2.05, 4.69) is 22.6 Å². The Hall–Kier alpha value is -0.610. The third kappa shape index (κ3) is 2.92. The summed E-state index contributed by atoms with van der Waals surface area (Å²) in [6, 6.07) is 0.0733. The van der Waals surface area contributed by atoms with Gasteiger partial charge in [0.15, 0.2) is 0 Å². The molecule has 4 heteroatoms. The summed E-state index contributed by atoms with van der Waals surface area (Å²) in [6.07, 6.45) is 3.34. The van der Waals surface area contributed by atoms with Gasteiger partial charge in [-0.2, -0.15) is 0 Å². The van der Waals surface area contributed by atoms with Crippen molar-refractivity contribution in [3.8, 4) is 0 Å². The van der Waals surface area contributed by atoms with E-state index in [-0.39, 0.29) is 11.9 Å². The van der Waals surface area contributed by atoms with Gasteiger partial charge in [-0.05, 0) is 45.3 Å². The third-order valence-electron chi connectivity index (χ3n) is 3.43. The van der Waals surface area contributed by atoms with E-state index >= 15 is 0 Å². The second-order valence-electron chi connectivity index (χ2n) is 4.81. The summed E-state index contributed by atoms with van der Waals surface area (Å²) in [5.41, 5.74) is 0. The van der Waals surface area contributed by atoms with Gasteiger partial charge in [-0.15, -0.1) is 0 Å². The lowest BCUT2D eigenvalue weighted by Gasteiger charge is -2.14. The van der Waals surface area contributed by atoms with Crippen LogP contribution in [0.4, 0.5) is 0 Å². The fraction of sp³-hybridized carbons (Fsp3) is 0.909. The molecular formula is C11H21N3O. The van der Waals surface area contributed by atoms with E-state index in [1.807, 2.05) is 0 Å². The Labute approximate surface area is 91.4 Å². The molecule has 2 rings (SSSR count). The summed E-state index contributed by atoms with van der Waals surface area (Å²) in [5, 5.41) is 6.28. The first-order chi connectivity index (χ1) is 7.25. The molecule has 0 aromatic carbocycles. The first kappa shape index (κ1) is 10.9. The fourth-order valence-corrected chi connectivity index (χ4v) is 2.47. The molecule has 0 bridgehead atoms. The zero-order valence-corrected chi connectivity index (χ0v) is 9.46. The standard InChI is InChI=1S/C11H21N3O/c1-14-6-4-9(8-14)7-13-11(15)10-3-2-5-12-10/h9-10,12H,2-8H2,1H3,(H,13,15)/t9?,10-/m1/s1. The minimum absolute atomic E-state index is 0.0733. The third-order valence-corrected chi connectivity index (χ3v) is 3.43. The molecule has 2 N–H and O–H groups in total. The van der Waals surface area contributed by atoms with Crippen molar-refractivity contribution in [3.05, 3.63) is 0 Å². The number of amides is 1. The monoisotopic (exact) mass is 211 g/mol. The van der Waals surface area contributed by atoms with E-state index in [1.54, 1.807) is 0 Å². The average Bonchev–Trinajstić information content (AvgIpc) is 2.84. The summed E-state index contributed by atoms with van der Waals surface area (Å²) in [5.74, 6) is 0.849. The minimum Gasteiger partial charge on any atom is -0.354 e. The SMILES string of the molecule is CN1CCC(CNC(=O)[C@H]2CCCN2)C1. The van der Waals surface area contributed by atoms with Crippen LogP contribution in [0.15, 0.2) is 0 Å². The fourth-order valence-electron chi connectivity index (χ4n) is 2.47. The van der Waals surface area contributed by atoms with Crippen LogP contribution in [-0.4, -0.2) is 50.1 Å². The predicted molar refractivity (Wildman–Crippen MR) is 59.6 cm³/mol. The topological polar surface area (TPSA) is 44.4 Å². The molecule has 0 aromatic heterocycles. The smallest absolute Gasteiger partial charge is 0.237 e. The van der Waals surface area contributed by atoms with Crippen molar-refractivity contribution in [3.63, 3.8) is 0 Å². The van der Waals surface area contributed by atoms with Gasteiger partial charge in [0.2, 0.25) is 5.91 Å². The first-order valence-electron chi connectivity index (χ1n) is 5.95. The zero-order chi connectivity index (χ0) is 10.7. The molecule has 0 saturated carbocycles. The zero-order valence-electron chi connectivity index (χ0n) is 9.46. The second-order valence-corrected chi connectivity index (χ2v) is 4.81. The summed E-state index contributed by atoms with van der Waals surface area (Å²) in [7, 11) is 2.14. The van der Waals surface area contributed by atoms with E-state index < -0.39 is 0 Å². The number of carbonyl (C=O) groups excluding carboxylic acids is 1. The molecule has 2 aliphatic heterocycles. The van der Waals surface area contributed by atoms with Crippen molar-refractivity contribution in [2.75, 3.05) is 33.2 Å². The molecular weight excluding hydrogens is 190 g/mol. The van der Waals surface area contributed by atoms with E-state index in [4.69, 9.17) is 0 Å². The lowest BCUT2D eigenvalue weighted by atomic mass is 10.1. The molecule has 86 valence electrons. The van der Waals surface area contributed by atoms with Crippen molar-refractivity contribution >= 4 is 5.91 Å². The maximum Gasteiger partial charge on any atom is 0.237 e. The van der Waals surface area contributed by atoms with Gasteiger partial charge in [-0.1, -0.05) is 0 Å². The van der Waals surface area contributed by atoms with Crippen LogP contribution in [0.2, 0.25) is 0 Å². The van der Waals surface area contributed by atoms with Crippen molar-refractivity contribution in [2.24, 2.45) is 5.92 Å². The predicted octanol–water partition coefficient (Wildman–Crippen LogP) is -0.194. The Kier molecular flexibility index (Phi) is 3.59. The maximum atomic E-state index is 11.7. The largest absolute Gasteiger partial charge is 0.354 e. The van der Waals surface area contributed by atoms with Crippen molar-refractivity contribution in [2.45, 2.75) is 25.3 Å². The highest BCUT2D eigenvalue weighted by Gasteiger charge is 2.24. The van der Waals surface area contributed by atoms with Gasteiger partial charge >= 0.3 is 0 Å². The lowest BCUT2D eigenvalue weighted by molar-refractivity contribution is -0.122. The normalized spacial score (nSPS) is 32.1. The maximum absolute atomic E-state index is 11.7. The summed E-state index contributed by atoms with van der Waals surface area (Å²) >= 11 is 0. The number of hydrogen-bond donors (Lipinski definition) is 2. The van der Waals surface area contributed by atoms with Crippen LogP contribution in [0.5, 0.6) is 0 Å². The number of hydrogen-bond acceptors (Lipinski definition) is 3. The number of nitrogens with one attached hydrogen (secondary N) is 2. The van der Waals surface area contributed by atoms with Crippen LogP contribution in [0, 0.1) is 5.92 Å². The van der Waals surface area contributed by atoms with Gasteiger partial charge < -0.3 is 15.5 Å². The second kappa shape index (κ2) is 4.94. The van der Waals surface area contributed by atoms with Crippen LogP contribution >= 0.6 is 0 Å². The Bertz CT molecular complexity index is 226. The van der Waals surface area contributed by atoms with E-state index in [1.165, 1.54) is 13.0 Å². The van der Waals surface area contributed by atoms with Crippen molar-refractivity contribution in [1.29, 1.82) is 0 Å². The lowest BCUT2D eigenvalue weighted by Crippen LogP contribution is -2.42. The first-order valence-corrected chi connectivity index (χ1v) is 5.95. The van der Waals surface area contributed by atoms with Gasteiger partial charge in [0, 0.05) is 13.1 Å². The summed E-state index contributed by atoms with van der Waals surface area (Å²) in [4.78, 5) is 14.0. The number of nitrogens with zero attached hydrogens (tertiary/aromatic N) is 1. The molecule has 0 aromatic rings. The van der Waals surface area contributed by atoms with Gasteiger partial charge in [0.05, 0.1) is 6.04 Å². The van der Waals surface area contributed by atoms with Crippen LogP contribution in [0.25, 0.3) is 0 Å². The average molecular weight is 211 g/mol. The number of likely N-dealkylation sites (tertiary alicyclic amines) is 1.